The van der Waals surface area contributed by atoms with Crippen molar-refractivity contribution in [2.75, 3.05) is 5.32 Å². The van der Waals surface area contributed by atoms with E-state index in [0.717, 1.165) is 24.1 Å². The maximum Gasteiger partial charge on any atom is 0.303 e. The zero-order valence-electron chi connectivity index (χ0n) is 11.8. The molecule has 3 N–H and O–H groups in total. The molecule has 2 aliphatic heterocycles. The minimum atomic E-state index is -0.826. The maximum absolute atomic E-state index is 12.4. The van der Waals surface area contributed by atoms with Gasteiger partial charge >= 0.3 is 5.97 Å². The molecule has 2 bridgehead atoms. The second-order valence-electron chi connectivity index (χ2n) is 5.93. The van der Waals surface area contributed by atoms with Crippen LogP contribution in [0.15, 0.2) is 24.3 Å². The number of fused-ring (bicyclic) bond motifs is 2. The number of rotatable bonds is 5. The minimum absolute atomic E-state index is 0.0382. The molecular formula is C16H20N2O3. The van der Waals surface area contributed by atoms with Gasteiger partial charge in [0.25, 0.3) is 0 Å². The number of anilines is 1. The first-order valence-corrected chi connectivity index (χ1v) is 7.50. The monoisotopic (exact) mass is 288 g/mol. The van der Waals surface area contributed by atoms with Gasteiger partial charge < -0.3 is 15.7 Å². The number of carbonyl (C=O) groups is 2. The number of carbonyl (C=O) groups excluding carboxylic acids is 1. The molecule has 2 fully saturated rings. The molecule has 2 aliphatic rings. The second kappa shape index (κ2) is 5.85. The van der Waals surface area contributed by atoms with Crippen molar-refractivity contribution in [3.63, 3.8) is 0 Å². The Morgan fingerprint density at radius 2 is 2.10 bits per heavy atom. The Bertz CT molecular complexity index is 558. The van der Waals surface area contributed by atoms with Crippen LogP contribution < -0.4 is 10.6 Å². The number of para-hydroxylation sites is 1. The molecule has 3 unspecified atom stereocenters. The summed E-state index contributed by atoms with van der Waals surface area (Å²) in [7, 11) is 0. The van der Waals surface area contributed by atoms with Crippen LogP contribution in [0, 0.1) is 5.92 Å². The van der Waals surface area contributed by atoms with Crippen LogP contribution in [-0.4, -0.2) is 29.1 Å². The van der Waals surface area contributed by atoms with Crippen molar-refractivity contribution < 1.29 is 14.7 Å². The lowest BCUT2D eigenvalue weighted by Crippen LogP contribution is -2.33. The van der Waals surface area contributed by atoms with Gasteiger partial charge in [-0.3, -0.25) is 9.59 Å². The standard InChI is InChI=1S/C16H20N2O3/c19-15(20)8-5-10-3-1-2-4-13(10)18-16(21)12-9-11-6-7-14(12)17-11/h1-4,11-12,14,17H,5-9H2,(H,18,21)(H,19,20). The number of hydrogen-bond donors (Lipinski definition) is 3. The summed E-state index contributed by atoms with van der Waals surface area (Å²) in [6.45, 7) is 0. The van der Waals surface area contributed by atoms with E-state index in [1.165, 1.54) is 6.42 Å². The summed E-state index contributed by atoms with van der Waals surface area (Å²) in [6, 6.07) is 8.24. The summed E-state index contributed by atoms with van der Waals surface area (Å²) in [5.74, 6) is -0.734. The molecule has 0 saturated carbocycles. The molecule has 0 radical (unpaired) electrons. The lowest BCUT2D eigenvalue weighted by atomic mass is 9.88. The van der Waals surface area contributed by atoms with Gasteiger partial charge in [0.05, 0.1) is 5.92 Å². The van der Waals surface area contributed by atoms with Gasteiger partial charge in [-0.2, -0.15) is 0 Å². The SMILES string of the molecule is O=C(O)CCc1ccccc1NC(=O)C1CC2CCC1N2. The Balaban J connectivity index is 1.67. The molecule has 1 amide bonds. The molecule has 2 saturated heterocycles. The summed E-state index contributed by atoms with van der Waals surface area (Å²) < 4.78 is 0. The van der Waals surface area contributed by atoms with E-state index in [2.05, 4.69) is 10.6 Å². The van der Waals surface area contributed by atoms with Gasteiger partial charge in [-0.15, -0.1) is 0 Å². The fraction of sp³-hybridized carbons (Fsp3) is 0.500. The molecule has 5 heteroatoms. The summed E-state index contributed by atoms with van der Waals surface area (Å²) >= 11 is 0. The normalized spacial score (nSPS) is 26.8. The first-order chi connectivity index (χ1) is 10.1. The summed E-state index contributed by atoms with van der Waals surface area (Å²) in [5, 5.41) is 15.2. The largest absolute Gasteiger partial charge is 0.481 e. The van der Waals surface area contributed by atoms with Crippen LogP contribution in [0.1, 0.15) is 31.2 Å². The predicted octanol–water partition coefficient (Wildman–Crippen LogP) is 1.78. The van der Waals surface area contributed by atoms with Gasteiger partial charge in [-0.05, 0) is 37.3 Å². The summed E-state index contributed by atoms with van der Waals surface area (Å²) in [5.41, 5.74) is 1.62. The highest BCUT2D eigenvalue weighted by Gasteiger charge is 2.42. The molecule has 1 aromatic carbocycles. The van der Waals surface area contributed by atoms with Gasteiger partial charge in [0.1, 0.15) is 0 Å². The van der Waals surface area contributed by atoms with Crippen LogP contribution in [0.4, 0.5) is 5.69 Å². The van der Waals surface area contributed by atoms with Gasteiger partial charge in [0.15, 0.2) is 0 Å². The zero-order valence-corrected chi connectivity index (χ0v) is 11.8. The van der Waals surface area contributed by atoms with Crippen LogP contribution in [-0.2, 0) is 16.0 Å². The van der Waals surface area contributed by atoms with Crippen LogP contribution in [0.5, 0.6) is 0 Å². The number of hydrogen-bond acceptors (Lipinski definition) is 3. The molecule has 3 rings (SSSR count). The first-order valence-electron chi connectivity index (χ1n) is 7.50. The van der Waals surface area contributed by atoms with Crippen molar-refractivity contribution in [2.24, 2.45) is 5.92 Å². The molecule has 0 spiro atoms. The van der Waals surface area contributed by atoms with Crippen molar-refractivity contribution in [3.05, 3.63) is 29.8 Å². The van der Waals surface area contributed by atoms with Gasteiger partial charge in [0.2, 0.25) is 5.91 Å². The molecule has 3 atom stereocenters. The van der Waals surface area contributed by atoms with Crippen LogP contribution in [0.2, 0.25) is 0 Å². The number of amides is 1. The van der Waals surface area contributed by atoms with Crippen molar-refractivity contribution in [1.82, 2.24) is 5.32 Å². The average molecular weight is 288 g/mol. The second-order valence-corrected chi connectivity index (χ2v) is 5.93. The lowest BCUT2D eigenvalue weighted by Gasteiger charge is -2.20. The summed E-state index contributed by atoms with van der Waals surface area (Å²) in [4.78, 5) is 23.1. The highest BCUT2D eigenvalue weighted by Crippen LogP contribution is 2.34. The third-order valence-corrected chi connectivity index (χ3v) is 4.52. The Hall–Kier alpha value is -1.88. The molecule has 1 aromatic rings. The number of benzene rings is 1. The van der Waals surface area contributed by atoms with Crippen LogP contribution in [0.25, 0.3) is 0 Å². The predicted molar refractivity (Wildman–Crippen MR) is 79.1 cm³/mol. The van der Waals surface area contributed by atoms with Gasteiger partial charge in [0, 0.05) is 24.2 Å². The maximum atomic E-state index is 12.4. The van der Waals surface area contributed by atoms with Gasteiger partial charge in [-0.1, -0.05) is 18.2 Å². The fourth-order valence-electron chi connectivity index (χ4n) is 3.44. The Morgan fingerprint density at radius 3 is 2.76 bits per heavy atom. The average Bonchev–Trinajstić information content (AvgIpc) is 3.09. The molecule has 2 heterocycles. The van der Waals surface area contributed by atoms with Crippen molar-refractivity contribution >= 4 is 17.6 Å². The van der Waals surface area contributed by atoms with Crippen molar-refractivity contribution in [1.29, 1.82) is 0 Å². The lowest BCUT2D eigenvalue weighted by molar-refractivity contribution is -0.137. The number of carboxylic acids is 1. The van der Waals surface area contributed by atoms with E-state index in [1.807, 2.05) is 24.3 Å². The zero-order chi connectivity index (χ0) is 14.8. The topological polar surface area (TPSA) is 78.4 Å². The third-order valence-electron chi connectivity index (χ3n) is 4.52. The smallest absolute Gasteiger partial charge is 0.303 e. The van der Waals surface area contributed by atoms with Crippen LogP contribution >= 0.6 is 0 Å². The molecule has 0 aromatic heterocycles. The fourth-order valence-corrected chi connectivity index (χ4v) is 3.44. The Labute approximate surface area is 123 Å². The third kappa shape index (κ3) is 3.08. The molecule has 0 aliphatic carbocycles. The van der Waals surface area contributed by atoms with E-state index in [1.54, 1.807) is 0 Å². The van der Waals surface area contributed by atoms with E-state index in [4.69, 9.17) is 5.11 Å². The number of aryl methyl sites for hydroxylation is 1. The van der Waals surface area contributed by atoms with E-state index in [-0.39, 0.29) is 18.2 Å². The number of carboxylic acid groups (broad SMARTS) is 1. The van der Waals surface area contributed by atoms with Gasteiger partial charge in [-0.25, -0.2) is 0 Å². The van der Waals surface area contributed by atoms with Crippen LogP contribution in [0.3, 0.4) is 0 Å². The summed E-state index contributed by atoms with van der Waals surface area (Å²) in [6.07, 6.45) is 3.66. The number of aliphatic carboxylic acids is 1. The Morgan fingerprint density at radius 1 is 1.29 bits per heavy atom. The first kappa shape index (κ1) is 14.1. The minimum Gasteiger partial charge on any atom is -0.481 e. The van der Waals surface area contributed by atoms with E-state index >= 15 is 0 Å². The van der Waals surface area contributed by atoms with Crippen molar-refractivity contribution in [3.8, 4) is 0 Å². The molecule has 112 valence electrons. The quantitative estimate of drug-likeness (QED) is 0.772. The Kier molecular flexibility index (Phi) is 3.92. The highest BCUT2D eigenvalue weighted by molar-refractivity contribution is 5.94. The number of nitrogens with one attached hydrogen (secondary N) is 2. The van der Waals surface area contributed by atoms with E-state index < -0.39 is 5.97 Å². The van der Waals surface area contributed by atoms with E-state index in [0.29, 0.717) is 18.5 Å². The molecule has 21 heavy (non-hydrogen) atoms. The molecule has 5 nitrogen and oxygen atoms in total. The van der Waals surface area contributed by atoms with E-state index in [9.17, 15) is 9.59 Å². The molecular weight excluding hydrogens is 268 g/mol. The van der Waals surface area contributed by atoms with Crippen molar-refractivity contribution in [2.45, 2.75) is 44.2 Å². The highest BCUT2D eigenvalue weighted by atomic mass is 16.4.